The average Bonchev–Trinajstić information content (AvgIpc) is 2.83. The molecular weight excluding hydrogens is 486 g/mol. The Kier molecular flexibility index (Phi) is 11.1. The molecule has 0 bridgehead atoms. The van der Waals surface area contributed by atoms with Gasteiger partial charge >= 0.3 is 0 Å². The van der Waals surface area contributed by atoms with E-state index in [-0.39, 0.29) is 27.1 Å². The number of hydrogen-bond acceptors (Lipinski definition) is 9. The quantitative estimate of drug-likeness (QED) is 0.306. The van der Waals surface area contributed by atoms with Gasteiger partial charge in [-0.15, -0.1) is 10.2 Å². The molecule has 1 saturated heterocycles. The molecule has 1 aliphatic heterocycles. The smallest absolute Gasteiger partial charge is 0.167 e. The third-order valence-corrected chi connectivity index (χ3v) is 6.30. The van der Waals surface area contributed by atoms with E-state index in [0.29, 0.717) is 51.4 Å². The van der Waals surface area contributed by atoms with Crippen LogP contribution in [0.2, 0.25) is 10.0 Å². The molecule has 0 spiro atoms. The van der Waals surface area contributed by atoms with Crippen LogP contribution in [-0.2, 0) is 20.8 Å². The van der Waals surface area contributed by atoms with E-state index in [2.05, 4.69) is 25.4 Å². The number of nitrogens with one attached hydrogen (secondary N) is 1. The highest BCUT2D eigenvalue weighted by Gasteiger charge is 2.20. The molecule has 12 heteroatoms. The number of benzene rings is 1. The van der Waals surface area contributed by atoms with E-state index in [1.807, 2.05) is 0 Å². The number of hydrogen-bond donors (Lipinski definition) is 2. The van der Waals surface area contributed by atoms with Gasteiger partial charge in [0.2, 0.25) is 0 Å². The molecule has 0 unspecified atom stereocenters. The van der Waals surface area contributed by atoms with Crippen molar-refractivity contribution in [2.45, 2.75) is 25.4 Å². The van der Waals surface area contributed by atoms with Crippen LogP contribution in [0.3, 0.4) is 0 Å². The van der Waals surface area contributed by atoms with Crippen molar-refractivity contribution in [1.82, 2.24) is 25.4 Å². The first-order valence-corrected chi connectivity index (χ1v) is 12.0. The molecule has 1 aromatic heterocycles. The Bertz CT molecular complexity index is 918. The van der Waals surface area contributed by atoms with Crippen LogP contribution in [0, 0.1) is 5.82 Å². The van der Waals surface area contributed by atoms with Crippen LogP contribution in [0.15, 0.2) is 12.1 Å². The van der Waals surface area contributed by atoms with E-state index in [0.717, 1.165) is 38.5 Å². The largest absolute Gasteiger partial charge is 0.382 e. The number of halogens is 3. The van der Waals surface area contributed by atoms with E-state index in [4.69, 9.17) is 43.1 Å². The van der Waals surface area contributed by atoms with Crippen molar-refractivity contribution in [2.75, 3.05) is 65.5 Å². The summed E-state index contributed by atoms with van der Waals surface area (Å²) in [6.07, 6.45) is 2.02. The van der Waals surface area contributed by atoms with Crippen molar-refractivity contribution in [3.63, 3.8) is 0 Å². The minimum Gasteiger partial charge on any atom is -0.382 e. The Hall–Kier alpha value is -1.66. The fraction of sp³-hybridized carbons (Fsp3) is 0.591. The number of anilines is 1. The molecular formula is C22H31Cl2FN6O3. The molecule has 0 aliphatic carbocycles. The van der Waals surface area contributed by atoms with Crippen molar-refractivity contribution in [3.8, 4) is 11.3 Å². The second-order valence-electron chi connectivity index (χ2n) is 7.93. The lowest BCUT2D eigenvalue weighted by Crippen LogP contribution is -2.43. The Morgan fingerprint density at radius 2 is 1.79 bits per heavy atom. The highest BCUT2D eigenvalue weighted by atomic mass is 35.5. The van der Waals surface area contributed by atoms with Crippen LogP contribution in [0.5, 0.6) is 0 Å². The standard InChI is InChI=1S/C22H31Cl2FN6O3/c1-32-8-9-34-11-10-33-7-6-31-4-2-16(3-5-31)27-14-19-28-22(26)21(30-29-19)17-12-15(25)13-18(23)20(17)24/h12-13,16,27H,2-11,14H2,1H3,(H2,26,28,29). The summed E-state index contributed by atoms with van der Waals surface area (Å²) < 4.78 is 29.7. The molecule has 188 valence electrons. The van der Waals surface area contributed by atoms with E-state index >= 15 is 0 Å². The SMILES string of the molecule is COCCOCCOCCN1CCC(NCc2nnc(-c3cc(F)cc(Cl)c3Cl)c(N)n2)CC1. The molecule has 0 radical (unpaired) electrons. The van der Waals surface area contributed by atoms with Gasteiger partial charge in [-0.3, -0.25) is 0 Å². The Balaban J connectivity index is 1.37. The highest BCUT2D eigenvalue weighted by Crippen LogP contribution is 2.35. The van der Waals surface area contributed by atoms with Crippen LogP contribution < -0.4 is 11.1 Å². The van der Waals surface area contributed by atoms with Gasteiger partial charge in [0.15, 0.2) is 11.6 Å². The number of aromatic nitrogens is 3. The zero-order chi connectivity index (χ0) is 24.3. The van der Waals surface area contributed by atoms with Gasteiger partial charge in [0.05, 0.1) is 49.6 Å². The number of methoxy groups -OCH3 is 1. The number of ether oxygens (including phenoxy) is 3. The maximum absolute atomic E-state index is 13.7. The lowest BCUT2D eigenvalue weighted by atomic mass is 10.1. The normalized spacial score (nSPS) is 15.2. The topological polar surface area (TPSA) is 108 Å². The third kappa shape index (κ3) is 8.23. The summed E-state index contributed by atoms with van der Waals surface area (Å²) in [5, 5.41) is 11.9. The summed E-state index contributed by atoms with van der Waals surface area (Å²) in [6.45, 7) is 6.38. The zero-order valence-corrected chi connectivity index (χ0v) is 20.7. The van der Waals surface area contributed by atoms with Gasteiger partial charge in [-0.25, -0.2) is 9.37 Å². The molecule has 0 atom stereocenters. The lowest BCUT2D eigenvalue weighted by molar-refractivity contribution is 0.0178. The lowest BCUT2D eigenvalue weighted by Gasteiger charge is -2.32. The first kappa shape index (κ1) is 26.9. The fourth-order valence-corrected chi connectivity index (χ4v) is 4.03. The number of rotatable bonds is 13. The van der Waals surface area contributed by atoms with Crippen molar-refractivity contribution in [3.05, 3.63) is 33.8 Å². The molecule has 0 saturated carbocycles. The van der Waals surface area contributed by atoms with Gasteiger partial charge in [0, 0.05) is 25.3 Å². The second kappa shape index (κ2) is 14.0. The van der Waals surface area contributed by atoms with E-state index in [9.17, 15) is 4.39 Å². The van der Waals surface area contributed by atoms with Crippen LogP contribution in [0.25, 0.3) is 11.3 Å². The van der Waals surface area contributed by atoms with Gasteiger partial charge in [-0.1, -0.05) is 23.2 Å². The van der Waals surface area contributed by atoms with Gasteiger partial charge in [0.25, 0.3) is 0 Å². The van der Waals surface area contributed by atoms with Crippen molar-refractivity contribution in [2.24, 2.45) is 0 Å². The van der Waals surface area contributed by atoms with Gasteiger partial charge in [-0.2, -0.15) is 0 Å². The maximum atomic E-state index is 13.7. The summed E-state index contributed by atoms with van der Waals surface area (Å²) in [5.74, 6) is 0.0407. The Morgan fingerprint density at radius 3 is 2.50 bits per heavy atom. The summed E-state index contributed by atoms with van der Waals surface area (Å²) in [6, 6.07) is 2.69. The number of piperidine rings is 1. The number of nitrogens with two attached hydrogens (primary N) is 1. The molecule has 3 N–H and O–H groups in total. The molecule has 2 heterocycles. The summed E-state index contributed by atoms with van der Waals surface area (Å²) in [4.78, 5) is 6.70. The van der Waals surface area contributed by atoms with Gasteiger partial charge < -0.3 is 30.2 Å². The number of nitrogen functional groups attached to an aromatic ring is 1. The molecule has 9 nitrogen and oxygen atoms in total. The van der Waals surface area contributed by atoms with Gasteiger partial charge in [-0.05, 0) is 38.1 Å². The monoisotopic (exact) mass is 516 g/mol. The fourth-order valence-electron chi connectivity index (χ4n) is 3.62. The molecule has 1 fully saturated rings. The van der Waals surface area contributed by atoms with Gasteiger partial charge in [0.1, 0.15) is 11.5 Å². The van der Waals surface area contributed by atoms with Crippen LogP contribution in [0.4, 0.5) is 10.2 Å². The summed E-state index contributed by atoms with van der Waals surface area (Å²) in [7, 11) is 1.65. The number of nitrogens with zero attached hydrogens (tertiary/aromatic N) is 4. The van der Waals surface area contributed by atoms with Crippen LogP contribution >= 0.6 is 23.2 Å². The second-order valence-corrected chi connectivity index (χ2v) is 8.71. The van der Waals surface area contributed by atoms with E-state index in [1.54, 1.807) is 7.11 Å². The third-order valence-electron chi connectivity index (χ3n) is 5.50. The predicted molar refractivity (Wildman–Crippen MR) is 129 cm³/mol. The molecule has 2 aromatic rings. The van der Waals surface area contributed by atoms with Crippen LogP contribution in [-0.4, -0.2) is 85.9 Å². The predicted octanol–water partition coefficient (Wildman–Crippen LogP) is 2.80. The molecule has 0 amide bonds. The summed E-state index contributed by atoms with van der Waals surface area (Å²) >= 11 is 12.1. The Labute approximate surface area is 209 Å². The van der Waals surface area contributed by atoms with E-state index in [1.165, 1.54) is 6.07 Å². The molecule has 3 rings (SSSR count). The molecule has 1 aliphatic rings. The average molecular weight is 517 g/mol. The van der Waals surface area contributed by atoms with Crippen molar-refractivity contribution < 1.29 is 18.6 Å². The van der Waals surface area contributed by atoms with E-state index < -0.39 is 5.82 Å². The van der Waals surface area contributed by atoms with Crippen molar-refractivity contribution in [1.29, 1.82) is 0 Å². The minimum atomic E-state index is -0.541. The summed E-state index contributed by atoms with van der Waals surface area (Å²) in [5.41, 5.74) is 6.51. The Morgan fingerprint density at radius 1 is 1.09 bits per heavy atom. The first-order valence-electron chi connectivity index (χ1n) is 11.2. The van der Waals surface area contributed by atoms with Crippen molar-refractivity contribution >= 4 is 29.0 Å². The molecule has 1 aromatic carbocycles. The maximum Gasteiger partial charge on any atom is 0.167 e. The molecule has 34 heavy (non-hydrogen) atoms. The minimum absolute atomic E-state index is 0.0773. The van der Waals surface area contributed by atoms with Crippen LogP contribution in [0.1, 0.15) is 18.7 Å². The zero-order valence-electron chi connectivity index (χ0n) is 19.2. The first-order chi connectivity index (χ1) is 16.5. The highest BCUT2D eigenvalue weighted by molar-refractivity contribution is 6.43. The number of likely N-dealkylation sites (tertiary alicyclic amines) is 1.